The largest absolute Gasteiger partial charge is 0.573 e. The Balaban J connectivity index is 0.000000371. The minimum absolute atomic E-state index is 0.0680. The Hall–Kier alpha value is -4.64. The van der Waals surface area contributed by atoms with Crippen LogP contribution in [-0.2, 0) is 11.4 Å². The van der Waals surface area contributed by atoms with Crippen molar-refractivity contribution in [1.82, 2.24) is 15.1 Å². The van der Waals surface area contributed by atoms with Crippen molar-refractivity contribution >= 4 is 12.1 Å². The molecule has 1 heterocycles. The summed E-state index contributed by atoms with van der Waals surface area (Å²) in [5.41, 5.74) is 4.33. The third kappa shape index (κ3) is 13.6. The number of phenols is 1. The minimum atomic E-state index is -4.78. The first-order valence-electron chi connectivity index (χ1n) is 15.7. The second-order valence-electron chi connectivity index (χ2n) is 13.1. The first-order chi connectivity index (χ1) is 22.5. The van der Waals surface area contributed by atoms with Gasteiger partial charge < -0.3 is 19.9 Å². The van der Waals surface area contributed by atoms with Gasteiger partial charge in [0.1, 0.15) is 30.2 Å². The van der Waals surface area contributed by atoms with Crippen LogP contribution < -0.4 is 14.8 Å². The Labute approximate surface area is 279 Å². The van der Waals surface area contributed by atoms with Gasteiger partial charge >= 0.3 is 6.36 Å². The maximum Gasteiger partial charge on any atom is 0.573 e. The number of carbonyl (C=O) groups is 2. The van der Waals surface area contributed by atoms with Crippen molar-refractivity contribution in [3.63, 3.8) is 0 Å². The second-order valence-corrected chi connectivity index (χ2v) is 13.1. The molecule has 1 aliphatic rings. The Kier molecular flexibility index (Phi) is 13.4. The summed E-state index contributed by atoms with van der Waals surface area (Å²) in [5.74, 6) is 0.857. The average molecular weight is 668 g/mol. The molecule has 0 amide bonds. The number of nitrogens with one attached hydrogen (secondary N) is 1. The van der Waals surface area contributed by atoms with Gasteiger partial charge in [0.25, 0.3) is 0 Å². The van der Waals surface area contributed by atoms with E-state index >= 15 is 0 Å². The average Bonchev–Trinajstić information content (AvgIpc) is 3.77. The first kappa shape index (κ1) is 37.8. The number of hydrogen-bond donors (Lipinski definition) is 2. The zero-order valence-corrected chi connectivity index (χ0v) is 28.2. The van der Waals surface area contributed by atoms with Crippen molar-refractivity contribution < 1.29 is 37.3 Å². The quantitative estimate of drug-likeness (QED) is 0.155. The van der Waals surface area contributed by atoms with Gasteiger partial charge in [-0.15, -0.1) is 18.3 Å². The number of ether oxygens (including phenoxy) is 2. The summed E-state index contributed by atoms with van der Waals surface area (Å²) in [6.07, 6.45) is 0.631. The molecule has 3 aromatic carbocycles. The summed E-state index contributed by atoms with van der Waals surface area (Å²) in [6.45, 7) is 11.6. The number of Topliss-reactive ketones (excluding diaryl/α,β-unsaturated/α-hetero) is 1. The van der Waals surface area contributed by atoms with Crippen LogP contribution in [0.2, 0.25) is 0 Å². The molecule has 2 N–H and O–H groups in total. The van der Waals surface area contributed by atoms with E-state index in [4.69, 9.17) is 4.74 Å². The molecule has 11 heteroatoms. The van der Waals surface area contributed by atoms with Gasteiger partial charge in [-0.1, -0.05) is 64.1 Å². The van der Waals surface area contributed by atoms with Gasteiger partial charge in [0.15, 0.2) is 0 Å². The molecule has 5 rings (SSSR count). The predicted molar refractivity (Wildman–Crippen MR) is 180 cm³/mol. The van der Waals surface area contributed by atoms with Gasteiger partial charge in [-0.2, -0.15) is 0 Å². The number of halogens is 3. The van der Waals surface area contributed by atoms with Crippen LogP contribution in [0.15, 0.2) is 72.9 Å². The summed E-state index contributed by atoms with van der Waals surface area (Å²) >= 11 is 0. The van der Waals surface area contributed by atoms with Gasteiger partial charge in [-0.05, 0) is 73.2 Å². The van der Waals surface area contributed by atoms with E-state index in [2.05, 4.69) is 42.8 Å². The highest BCUT2D eigenvalue weighted by molar-refractivity contribution is 5.83. The zero-order chi connectivity index (χ0) is 35.5. The fraction of sp³-hybridized carbons (Fsp3) is 0.378. The molecule has 0 radical (unpaired) electrons. The molecular weight excluding hydrogens is 623 g/mol. The Morgan fingerprint density at radius 1 is 1.02 bits per heavy atom. The molecule has 0 aliphatic heterocycles. The van der Waals surface area contributed by atoms with Crippen molar-refractivity contribution in [3.05, 3.63) is 89.6 Å². The monoisotopic (exact) mass is 667 g/mol. The van der Waals surface area contributed by atoms with E-state index in [9.17, 15) is 27.9 Å². The molecule has 258 valence electrons. The van der Waals surface area contributed by atoms with Crippen LogP contribution in [0.5, 0.6) is 17.4 Å². The summed E-state index contributed by atoms with van der Waals surface area (Å²) in [5, 5.41) is 17.4. The molecular formula is C37H44F3N3O5. The molecule has 48 heavy (non-hydrogen) atoms. The highest BCUT2D eigenvalue weighted by Crippen LogP contribution is 2.34. The van der Waals surface area contributed by atoms with E-state index < -0.39 is 6.36 Å². The standard InChI is InChI=1S/C25H19F3N2O4.C7H13NO.C5H12/c1-16-10-20(12-21(32)11-16)30-13-23(19-6-8-22(9-7-19)34-25(26,27)28)24(29-30)33-15-18-4-2-17(14-31)3-5-18;1-8-5-4-7(9)6-2-3-6;1-5(2,3)4/h2-14,32H,15H2,1H3;6,8H,2-5H2,1H3;1-4H3. The molecule has 0 unspecified atom stereocenters. The maximum absolute atomic E-state index is 12.5. The summed E-state index contributed by atoms with van der Waals surface area (Å²) < 4.78 is 48.9. The Morgan fingerprint density at radius 2 is 1.65 bits per heavy atom. The van der Waals surface area contributed by atoms with E-state index in [-0.39, 0.29) is 24.0 Å². The van der Waals surface area contributed by atoms with Gasteiger partial charge in [-0.3, -0.25) is 9.59 Å². The zero-order valence-electron chi connectivity index (χ0n) is 28.2. The number of aromatic hydroxyl groups is 1. The van der Waals surface area contributed by atoms with Crippen LogP contribution in [0, 0.1) is 18.3 Å². The lowest BCUT2D eigenvalue weighted by Crippen LogP contribution is -2.16. The number of ketones is 1. The fourth-order valence-electron chi connectivity index (χ4n) is 4.21. The first-order valence-corrected chi connectivity index (χ1v) is 15.7. The van der Waals surface area contributed by atoms with Crippen molar-refractivity contribution in [3.8, 4) is 34.2 Å². The number of hydrogen-bond acceptors (Lipinski definition) is 7. The van der Waals surface area contributed by atoms with Crippen molar-refractivity contribution in [1.29, 1.82) is 0 Å². The lowest BCUT2D eigenvalue weighted by Gasteiger charge is -2.09. The number of rotatable bonds is 11. The highest BCUT2D eigenvalue weighted by Gasteiger charge is 2.31. The SMILES string of the molecule is CC(C)(C)C.CNCCC(=O)C1CC1.Cc1cc(O)cc(-n2cc(-c3ccc(OC(F)(F)F)cc3)c(OCc3ccc(C=O)cc3)n2)c1. The number of nitrogens with zero attached hydrogens (tertiary/aromatic N) is 2. The second kappa shape index (κ2) is 17.0. The molecule has 1 aliphatic carbocycles. The van der Waals surface area contributed by atoms with Gasteiger partial charge in [0.2, 0.25) is 5.88 Å². The molecule has 1 saturated carbocycles. The van der Waals surface area contributed by atoms with Gasteiger partial charge in [0.05, 0.1) is 11.3 Å². The Bertz CT molecular complexity index is 1600. The maximum atomic E-state index is 12.5. The molecule has 0 spiro atoms. The number of aldehydes is 1. The highest BCUT2D eigenvalue weighted by atomic mass is 19.4. The van der Waals surface area contributed by atoms with Crippen LogP contribution in [0.3, 0.4) is 0 Å². The van der Waals surface area contributed by atoms with E-state index in [1.54, 1.807) is 36.5 Å². The lowest BCUT2D eigenvalue weighted by molar-refractivity contribution is -0.274. The molecule has 8 nitrogen and oxygen atoms in total. The molecule has 0 atom stereocenters. The lowest BCUT2D eigenvalue weighted by atomic mass is 10.0. The number of phenolic OH excluding ortho intramolecular Hbond substituents is 1. The summed E-state index contributed by atoms with van der Waals surface area (Å²) in [6, 6.07) is 17.2. The number of carbonyl (C=O) groups excluding carboxylic acids is 2. The number of aromatic nitrogens is 2. The van der Waals surface area contributed by atoms with Crippen molar-refractivity contribution in [2.45, 2.75) is 66.9 Å². The smallest absolute Gasteiger partial charge is 0.508 e. The third-order valence-electron chi connectivity index (χ3n) is 6.54. The number of alkyl halides is 3. The summed E-state index contributed by atoms with van der Waals surface area (Å²) in [4.78, 5) is 21.8. The molecule has 0 saturated heterocycles. The van der Waals surface area contributed by atoms with E-state index in [1.807, 2.05) is 20.0 Å². The van der Waals surface area contributed by atoms with Gasteiger partial charge in [0, 0.05) is 36.7 Å². The van der Waals surface area contributed by atoms with Crippen molar-refractivity contribution in [2.24, 2.45) is 11.3 Å². The molecule has 1 fully saturated rings. The van der Waals surface area contributed by atoms with Crippen LogP contribution in [-0.4, -0.2) is 46.9 Å². The molecule has 0 bridgehead atoms. The number of benzene rings is 3. The Morgan fingerprint density at radius 3 is 2.17 bits per heavy atom. The van der Waals surface area contributed by atoms with Crippen LogP contribution in [0.1, 0.15) is 68.4 Å². The third-order valence-corrected chi connectivity index (χ3v) is 6.54. The topological polar surface area (TPSA) is 103 Å². The minimum Gasteiger partial charge on any atom is -0.508 e. The van der Waals surface area contributed by atoms with Crippen LogP contribution in [0.4, 0.5) is 13.2 Å². The van der Waals surface area contributed by atoms with Crippen LogP contribution in [0.25, 0.3) is 16.8 Å². The molecule has 4 aromatic rings. The van der Waals surface area contributed by atoms with Crippen molar-refractivity contribution in [2.75, 3.05) is 13.6 Å². The van der Waals surface area contributed by atoms with E-state index in [1.165, 1.54) is 35.0 Å². The summed E-state index contributed by atoms with van der Waals surface area (Å²) in [7, 11) is 1.88. The fourth-order valence-corrected chi connectivity index (χ4v) is 4.21. The predicted octanol–water partition coefficient (Wildman–Crippen LogP) is 8.47. The molecule has 1 aromatic heterocycles. The normalized spacial score (nSPS) is 12.6. The van der Waals surface area contributed by atoms with Crippen LogP contribution >= 0.6 is 0 Å². The van der Waals surface area contributed by atoms with Gasteiger partial charge in [-0.25, -0.2) is 4.68 Å². The number of aryl methyl sites for hydroxylation is 1. The van der Waals surface area contributed by atoms with E-state index in [0.717, 1.165) is 43.2 Å². The van der Waals surface area contributed by atoms with E-state index in [0.29, 0.717) is 39.5 Å².